The molecule has 10 nitrogen and oxygen atoms in total. The van der Waals surface area contributed by atoms with Crippen molar-refractivity contribution in [1.82, 2.24) is 14.5 Å². The second-order valence-corrected chi connectivity index (χ2v) is 9.71. The predicted octanol–water partition coefficient (Wildman–Crippen LogP) is 1.97. The maximum Gasteiger partial charge on any atom is 0.490 e. The van der Waals surface area contributed by atoms with E-state index in [4.69, 9.17) is 14.3 Å². The fourth-order valence-electron chi connectivity index (χ4n) is 2.97. The molecule has 14 heteroatoms. The van der Waals surface area contributed by atoms with E-state index in [2.05, 4.69) is 10.3 Å². The van der Waals surface area contributed by atoms with E-state index in [1.165, 1.54) is 25.4 Å². The van der Waals surface area contributed by atoms with E-state index in [1.807, 2.05) is 24.3 Å². The summed E-state index contributed by atoms with van der Waals surface area (Å²) in [7, 11) is -0.531. The van der Waals surface area contributed by atoms with Crippen molar-refractivity contribution in [2.45, 2.75) is 24.1 Å². The lowest BCUT2D eigenvalue weighted by atomic mass is 10.1. The Morgan fingerprint density at radius 3 is 2.28 bits per heavy atom. The number of halogens is 3. The normalized spacial score (nSPS) is 13.4. The molecule has 1 aromatic heterocycles. The van der Waals surface area contributed by atoms with E-state index < -0.39 is 22.2 Å². The molecule has 0 saturated heterocycles. The molecule has 0 aliphatic carbocycles. The number of hydrogen-bond donors (Lipinski definition) is 2. The van der Waals surface area contributed by atoms with Crippen LogP contribution in [-0.2, 0) is 26.0 Å². The van der Waals surface area contributed by atoms with Gasteiger partial charge in [-0.2, -0.15) is 17.5 Å². The first-order chi connectivity index (χ1) is 16.8. The molecule has 0 unspecified atom stereocenters. The molecule has 1 aliphatic rings. The Labute approximate surface area is 206 Å². The molecule has 0 spiro atoms. The van der Waals surface area contributed by atoms with Crippen LogP contribution in [0.3, 0.4) is 0 Å². The topological polar surface area (TPSA) is 133 Å². The number of aliphatic imine (C=N–C) groups is 1. The first-order valence-corrected chi connectivity index (χ1v) is 12.2. The Kier molecular flexibility index (Phi) is 10.0. The molecule has 1 aliphatic heterocycles. The van der Waals surface area contributed by atoms with E-state index in [9.17, 15) is 26.4 Å². The lowest BCUT2D eigenvalue weighted by Gasteiger charge is -2.20. The average Bonchev–Trinajstić information content (AvgIpc) is 3.55. The summed E-state index contributed by atoms with van der Waals surface area (Å²) in [4.78, 5) is 27.3. The van der Waals surface area contributed by atoms with Crippen LogP contribution in [0.25, 0.3) is 0 Å². The van der Waals surface area contributed by atoms with Crippen molar-refractivity contribution in [3.05, 3.63) is 53.8 Å². The number of hydrogen-bond acceptors (Lipinski definition) is 7. The van der Waals surface area contributed by atoms with E-state index in [0.717, 1.165) is 40.8 Å². The van der Waals surface area contributed by atoms with Crippen LogP contribution in [0.1, 0.15) is 17.5 Å². The molecule has 2 aromatic rings. The molecule has 3 rings (SSSR count). The second kappa shape index (κ2) is 12.5. The standard InChI is InChI=1S/C20H26N4O4S.C2HF3O2/c1-23(13-9-16-5-7-17(8-6-16)20-21-11-12-22-20)18(25)10-14-24(2)29(26,27)19-4-3-15-28-19;3-2(4,5)1(6)7/h3-8,15H,9-14H2,1-2H3,(H,21,22);(H,6,7). The summed E-state index contributed by atoms with van der Waals surface area (Å²) < 4.78 is 62.4. The largest absolute Gasteiger partial charge is 0.490 e. The molecule has 1 aromatic carbocycles. The zero-order valence-corrected chi connectivity index (χ0v) is 20.5. The number of likely N-dealkylation sites (N-methyl/N-ethyl adjacent to an activating group) is 1. The van der Waals surface area contributed by atoms with Gasteiger partial charge in [-0.05, 0) is 24.1 Å². The number of rotatable bonds is 9. The second-order valence-electron chi connectivity index (χ2n) is 7.73. The van der Waals surface area contributed by atoms with Crippen molar-refractivity contribution < 1.29 is 40.7 Å². The Bertz CT molecular complexity index is 1150. The quantitative estimate of drug-likeness (QED) is 0.505. The van der Waals surface area contributed by atoms with Gasteiger partial charge < -0.3 is 19.7 Å². The van der Waals surface area contributed by atoms with Gasteiger partial charge in [0.1, 0.15) is 5.84 Å². The number of aliphatic carboxylic acids is 1. The molecular formula is C22H27F3N4O6S. The number of nitrogens with zero attached hydrogens (tertiary/aromatic N) is 3. The Hall–Kier alpha value is -3.39. The van der Waals surface area contributed by atoms with Gasteiger partial charge in [0, 0.05) is 45.7 Å². The fourth-order valence-corrected chi connectivity index (χ4v) is 4.04. The molecule has 0 atom stereocenters. The highest BCUT2D eigenvalue weighted by Gasteiger charge is 2.38. The number of carbonyl (C=O) groups excluding carboxylic acids is 1. The zero-order chi connectivity index (χ0) is 26.9. The number of amidine groups is 1. The van der Waals surface area contributed by atoms with Crippen molar-refractivity contribution in [3.8, 4) is 0 Å². The Morgan fingerprint density at radius 2 is 1.78 bits per heavy atom. The first-order valence-electron chi connectivity index (χ1n) is 10.7. The lowest BCUT2D eigenvalue weighted by Crippen LogP contribution is -2.34. The predicted molar refractivity (Wildman–Crippen MR) is 124 cm³/mol. The summed E-state index contributed by atoms with van der Waals surface area (Å²) in [6, 6.07) is 11.1. The number of furan rings is 1. The molecule has 2 N–H and O–H groups in total. The molecule has 0 saturated carbocycles. The van der Waals surface area contributed by atoms with Gasteiger partial charge in [0.15, 0.2) is 0 Å². The Morgan fingerprint density at radius 1 is 1.14 bits per heavy atom. The number of benzene rings is 1. The van der Waals surface area contributed by atoms with Gasteiger partial charge in [-0.1, -0.05) is 24.3 Å². The van der Waals surface area contributed by atoms with Gasteiger partial charge in [-0.3, -0.25) is 9.79 Å². The molecular weight excluding hydrogens is 505 g/mol. The van der Waals surface area contributed by atoms with Crippen molar-refractivity contribution in [1.29, 1.82) is 0 Å². The van der Waals surface area contributed by atoms with Crippen molar-refractivity contribution in [3.63, 3.8) is 0 Å². The van der Waals surface area contributed by atoms with Crippen LogP contribution in [0.2, 0.25) is 0 Å². The van der Waals surface area contributed by atoms with Gasteiger partial charge in [0.2, 0.25) is 11.0 Å². The van der Waals surface area contributed by atoms with Gasteiger partial charge >= 0.3 is 12.1 Å². The van der Waals surface area contributed by atoms with Crippen LogP contribution < -0.4 is 5.32 Å². The highest BCUT2D eigenvalue weighted by molar-refractivity contribution is 7.89. The van der Waals surface area contributed by atoms with Crippen LogP contribution in [-0.4, -0.2) is 86.9 Å². The highest BCUT2D eigenvalue weighted by atomic mass is 32.2. The summed E-state index contributed by atoms with van der Waals surface area (Å²) >= 11 is 0. The number of alkyl halides is 3. The highest BCUT2D eigenvalue weighted by Crippen LogP contribution is 2.15. The minimum absolute atomic E-state index is 0.0933. The van der Waals surface area contributed by atoms with Crippen LogP contribution in [0.15, 0.2) is 57.2 Å². The van der Waals surface area contributed by atoms with Gasteiger partial charge in [-0.25, -0.2) is 13.2 Å². The van der Waals surface area contributed by atoms with Crippen LogP contribution >= 0.6 is 0 Å². The summed E-state index contributed by atoms with van der Waals surface area (Å²) in [6.07, 6.45) is -2.94. The molecule has 0 fully saturated rings. The van der Waals surface area contributed by atoms with Crippen molar-refractivity contribution >= 4 is 27.7 Å². The third kappa shape index (κ3) is 8.37. The number of carboxylic acids is 1. The maximum atomic E-state index is 12.4. The number of nitrogens with one attached hydrogen (secondary N) is 1. The number of carbonyl (C=O) groups is 2. The maximum absolute atomic E-state index is 12.4. The fraction of sp³-hybridized carbons (Fsp3) is 0.409. The van der Waals surface area contributed by atoms with Gasteiger partial charge in [0.25, 0.3) is 10.0 Å². The smallest absolute Gasteiger partial charge is 0.475 e. The Balaban J connectivity index is 0.000000572. The molecule has 1 amide bonds. The summed E-state index contributed by atoms with van der Waals surface area (Å²) in [5, 5.41) is 10.2. The van der Waals surface area contributed by atoms with Gasteiger partial charge in [0.05, 0.1) is 12.8 Å². The summed E-state index contributed by atoms with van der Waals surface area (Å²) in [6.45, 7) is 2.34. The first kappa shape index (κ1) is 28.8. The minimum atomic E-state index is -5.08. The third-order valence-electron chi connectivity index (χ3n) is 5.11. The van der Waals surface area contributed by atoms with E-state index in [0.29, 0.717) is 6.54 Å². The number of carboxylic acid groups (broad SMARTS) is 1. The molecule has 2 heterocycles. The molecule has 0 bridgehead atoms. The third-order valence-corrected chi connectivity index (χ3v) is 6.85. The number of amides is 1. The average molecular weight is 533 g/mol. The SMILES string of the molecule is CN(CCc1ccc(C2=NCCN2)cc1)C(=O)CCN(C)S(=O)(=O)c1ccco1.O=C(O)C(F)(F)F. The lowest BCUT2D eigenvalue weighted by molar-refractivity contribution is -0.192. The van der Waals surface area contributed by atoms with Crippen molar-refractivity contribution in [2.75, 3.05) is 40.3 Å². The van der Waals surface area contributed by atoms with Crippen molar-refractivity contribution in [2.24, 2.45) is 4.99 Å². The summed E-state index contributed by atoms with van der Waals surface area (Å²) in [5.74, 6) is -1.93. The number of sulfonamides is 1. The molecule has 36 heavy (non-hydrogen) atoms. The van der Waals surface area contributed by atoms with E-state index in [-0.39, 0.29) is 24.0 Å². The minimum Gasteiger partial charge on any atom is -0.475 e. The zero-order valence-electron chi connectivity index (χ0n) is 19.7. The molecule has 0 radical (unpaired) electrons. The van der Waals surface area contributed by atoms with Gasteiger partial charge in [-0.15, -0.1) is 0 Å². The van der Waals surface area contributed by atoms with Crippen LogP contribution in [0, 0.1) is 0 Å². The monoisotopic (exact) mass is 532 g/mol. The molecule has 198 valence electrons. The van der Waals surface area contributed by atoms with E-state index in [1.54, 1.807) is 11.9 Å². The van der Waals surface area contributed by atoms with Crippen LogP contribution in [0.4, 0.5) is 13.2 Å². The van der Waals surface area contributed by atoms with Crippen LogP contribution in [0.5, 0.6) is 0 Å². The summed E-state index contributed by atoms with van der Waals surface area (Å²) in [5.41, 5.74) is 2.20. The van der Waals surface area contributed by atoms with E-state index >= 15 is 0 Å².